The van der Waals surface area contributed by atoms with Gasteiger partial charge in [-0.25, -0.2) is 0 Å². The Bertz CT molecular complexity index is 628. The second-order valence-corrected chi connectivity index (χ2v) is 5.28. The highest BCUT2D eigenvalue weighted by Gasteiger charge is 2.30. The number of nitrogens with zero attached hydrogens (tertiary/aromatic N) is 1. The molecule has 0 aliphatic heterocycles. The van der Waals surface area contributed by atoms with E-state index in [4.69, 9.17) is 9.47 Å². The number of methoxy groups -OCH3 is 1. The molecule has 1 heterocycles. The summed E-state index contributed by atoms with van der Waals surface area (Å²) < 4.78 is 13.0. The van der Waals surface area contributed by atoms with E-state index < -0.39 is 0 Å². The van der Waals surface area contributed by atoms with Crippen LogP contribution in [0.2, 0.25) is 0 Å². The van der Waals surface area contributed by atoms with Crippen molar-refractivity contribution in [2.75, 3.05) is 13.7 Å². The molecule has 1 aromatic heterocycles. The summed E-state index contributed by atoms with van der Waals surface area (Å²) in [7, 11) is 1.63. The van der Waals surface area contributed by atoms with Crippen LogP contribution in [0, 0.1) is 5.92 Å². The van der Waals surface area contributed by atoms with E-state index in [2.05, 4.69) is 0 Å². The number of rotatable bonds is 7. The van der Waals surface area contributed by atoms with Crippen molar-refractivity contribution in [2.24, 2.45) is 5.92 Å². The van der Waals surface area contributed by atoms with Crippen LogP contribution in [0.4, 0.5) is 0 Å². The highest BCUT2D eigenvalue weighted by atomic mass is 16.5. The Hall–Kier alpha value is -2.23. The first-order valence-corrected chi connectivity index (χ1v) is 7.24. The first-order chi connectivity index (χ1) is 10.3. The highest BCUT2D eigenvalue weighted by molar-refractivity contribution is 5.99. The molecule has 1 aromatic carbocycles. The summed E-state index contributed by atoms with van der Waals surface area (Å²) in [5, 5.41) is 0. The van der Waals surface area contributed by atoms with Crippen molar-refractivity contribution in [1.29, 1.82) is 0 Å². The molecule has 0 amide bonds. The first-order valence-electron chi connectivity index (χ1n) is 7.24. The van der Waals surface area contributed by atoms with E-state index in [0.29, 0.717) is 13.2 Å². The Kier molecular flexibility index (Phi) is 3.95. The molecule has 0 radical (unpaired) electrons. The summed E-state index contributed by atoms with van der Waals surface area (Å²) in [6.07, 6.45) is 5.93. The fourth-order valence-electron chi connectivity index (χ4n) is 2.31. The number of carbonyl (C=O) groups is 1. The zero-order chi connectivity index (χ0) is 14.7. The number of aromatic nitrogens is 1. The summed E-state index contributed by atoms with van der Waals surface area (Å²) in [5.74, 6) is 2.01. The summed E-state index contributed by atoms with van der Waals surface area (Å²) in [4.78, 5) is 11.9. The monoisotopic (exact) mass is 285 g/mol. The van der Waals surface area contributed by atoms with Gasteiger partial charge in [-0.15, -0.1) is 0 Å². The molecular weight excluding hydrogens is 266 g/mol. The van der Waals surface area contributed by atoms with E-state index in [1.165, 1.54) is 0 Å². The fraction of sp³-hybridized carbons (Fsp3) is 0.353. The average Bonchev–Trinajstić information content (AvgIpc) is 3.26. The third-order valence-electron chi connectivity index (χ3n) is 3.66. The van der Waals surface area contributed by atoms with Crippen LogP contribution in [0.5, 0.6) is 11.5 Å². The number of benzene rings is 1. The van der Waals surface area contributed by atoms with Crippen molar-refractivity contribution in [3.63, 3.8) is 0 Å². The van der Waals surface area contributed by atoms with Gasteiger partial charge in [0.25, 0.3) is 0 Å². The van der Waals surface area contributed by atoms with Crippen LogP contribution >= 0.6 is 0 Å². The van der Waals surface area contributed by atoms with Crippen molar-refractivity contribution >= 4 is 5.78 Å². The zero-order valence-electron chi connectivity index (χ0n) is 12.1. The Morgan fingerprint density at radius 3 is 2.71 bits per heavy atom. The zero-order valence-corrected chi connectivity index (χ0v) is 12.1. The van der Waals surface area contributed by atoms with Gasteiger partial charge in [0.2, 0.25) is 0 Å². The minimum Gasteiger partial charge on any atom is -0.493 e. The Balaban J connectivity index is 1.54. The van der Waals surface area contributed by atoms with Gasteiger partial charge in [0.05, 0.1) is 13.7 Å². The maximum atomic E-state index is 11.9. The molecule has 0 atom stereocenters. The van der Waals surface area contributed by atoms with Crippen molar-refractivity contribution in [1.82, 2.24) is 4.57 Å². The van der Waals surface area contributed by atoms with E-state index >= 15 is 0 Å². The number of Topliss-reactive ketones (excluding diaryl/α,β-unsaturated/α-hetero) is 1. The molecular formula is C17H19NO3. The first kappa shape index (κ1) is 13.7. The fourth-order valence-corrected chi connectivity index (χ4v) is 2.31. The minimum atomic E-state index is 0.269. The van der Waals surface area contributed by atoms with Gasteiger partial charge in [-0.3, -0.25) is 4.79 Å². The van der Waals surface area contributed by atoms with Crippen molar-refractivity contribution in [2.45, 2.75) is 19.4 Å². The van der Waals surface area contributed by atoms with Crippen molar-refractivity contribution in [3.05, 3.63) is 48.3 Å². The Morgan fingerprint density at radius 2 is 2.00 bits per heavy atom. The topological polar surface area (TPSA) is 40.5 Å². The summed E-state index contributed by atoms with van der Waals surface area (Å²) in [5.41, 5.74) is 0.815. The van der Waals surface area contributed by atoms with E-state index in [1.54, 1.807) is 7.11 Å². The predicted molar refractivity (Wildman–Crippen MR) is 80.0 cm³/mol. The molecule has 1 saturated carbocycles. The lowest BCUT2D eigenvalue weighted by atomic mass is 10.1. The van der Waals surface area contributed by atoms with E-state index in [-0.39, 0.29) is 11.7 Å². The van der Waals surface area contributed by atoms with Gasteiger partial charge >= 0.3 is 0 Å². The number of carbonyl (C=O) groups excluding carboxylic acids is 1. The number of hydrogen-bond donors (Lipinski definition) is 0. The molecule has 3 rings (SSSR count). The lowest BCUT2D eigenvalue weighted by Crippen LogP contribution is -2.07. The van der Waals surface area contributed by atoms with Crippen molar-refractivity contribution in [3.8, 4) is 11.5 Å². The average molecular weight is 285 g/mol. The second kappa shape index (κ2) is 6.04. The molecule has 0 saturated heterocycles. The molecule has 4 nitrogen and oxygen atoms in total. The van der Waals surface area contributed by atoms with Crippen LogP contribution in [0.15, 0.2) is 42.7 Å². The van der Waals surface area contributed by atoms with Gasteiger partial charge in [-0.1, -0.05) is 12.1 Å². The third kappa shape index (κ3) is 3.27. The quantitative estimate of drug-likeness (QED) is 0.734. The normalized spacial score (nSPS) is 14.0. The number of hydrogen-bond acceptors (Lipinski definition) is 3. The van der Waals surface area contributed by atoms with Gasteiger partial charge in [0, 0.05) is 23.9 Å². The molecule has 110 valence electrons. The van der Waals surface area contributed by atoms with Crippen LogP contribution in [0.1, 0.15) is 23.2 Å². The number of para-hydroxylation sites is 2. The smallest absolute Gasteiger partial charge is 0.167 e. The molecule has 21 heavy (non-hydrogen) atoms. The van der Waals surface area contributed by atoms with Crippen LogP contribution in [0.3, 0.4) is 0 Å². The van der Waals surface area contributed by atoms with Gasteiger partial charge in [0.15, 0.2) is 17.3 Å². The largest absolute Gasteiger partial charge is 0.493 e. The Morgan fingerprint density at radius 1 is 1.24 bits per heavy atom. The molecule has 4 heteroatoms. The third-order valence-corrected chi connectivity index (χ3v) is 3.66. The van der Waals surface area contributed by atoms with Gasteiger partial charge in [-0.05, 0) is 31.0 Å². The predicted octanol–water partition coefficient (Wildman–Crippen LogP) is 3.17. The standard InChI is InChI=1S/C17H19NO3/c1-20-15-4-2-3-5-16(15)21-11-10-18-9-8-14(12-18)17(19)13-6-7-13/h2-5,8-9,12-13H,6-7,10-11H2,1H3. The number of ketones is 1. The Labute approximate surface area is 124 Å². The summed E-state index contributed by atoms with van der Waals surface area (Å²) >= 11 is 0. The number of ether oxygens (including phenoxy) is 2. The molecule has 0 bridgehead atoms. The molecule has 1 fully saturated rings. The lowest BCUT2D eigenvalue weighted by molar-refractivity contribution is 0.0967. The van der Waals surface area contributed by atoms with Crippen LogP contribution in [0.25, 0.3) is 0 Å². The molecule has 0 spiro atoms. The molecule has 1 aliphatic carbocycles. The van der Waals surface area contributed by atoms with E-state index in [0.717, 1.165) is 29.9 Å². The van der Waals surface area contributed by atoms with Gasteiger partial charge in [0.1, 0.15) is 6.61 Å². The molecule has 1 aliphatic rings. The summed E-state index contributed by atoms with van der Waals surface area (Å²) in [6.45, 7) is 1.24. The van der Waals surface area contributed by atoms with Gasteiger partial charge < -0.3 is 14.0 Å². The van der Waals surface area contributed by atoms with Crippen molar-refractivity contribution < 1.29 is 14.3 Å². The van der Waals surface area contributed by atoms with E-state index in [1.807, 2.05) is 47.3 Å². The maximum Gasteiger partial charge on any atom is 0.167 e. The second-order valence-electron chi connectivity index (χ2n) is 5.28. The van der Waals surface area contributed by atoms with Gasteiger partial charge in [-0.2, -0.15) is 0 Å². The van der Waals surface area contributed by atoms with Crippen LogP contribution < -0.4 is 9.47 Å². The lowest BCUT2D eigenvalue weighted by Gasteiger charge is -2.10. The maximum absolute atomic E-state index is 11.9. The van der Waals surface area contributed by atoms with E-state index in [9.17, 15) is 4.79 Å². The highest BCUT2D eigenvalue weighted by Crippen LogP contribution is 2.32. The molecule has 0 N–H and O–H groups in total. The molecule has 0 unspecified atom stereocenters. The molecule has 2 aromatic rings. The summed E-state index contributed by atoms with van der Waals surface area (Å²) in [6, 6.07) is 9.48. The van der Waals surface area contributed by atoms with Crippen LogP contribution in [-0.4, -0.2) is 24.1 Å². The minimum absolute atomic E-state index is 0.269. The SMILES string of the molecule is COc1ccccc1OCCn1ccc(C(=O)C2CC2)c1. The van der Waals surface area contributed by atoms with Crippen LogP contribution in [-0.2, 0) is 6.54 Å².